The van der Waals surface area contributed by atoms with Crippen LogP contribution < -0.4 is 0 Å². The largest absolute Gasteiger partial charge is 0.135 e. The van der Waals surface area contributed by atoms with Crippen LogP contribution in [0.2, 0.25) is 0 Å². The standard InChI is InChI=1S/C7H9B/c1-2-3-4-5-6-7-8/h6-7H,4-5H2,1H3/b7-6+. The first-order valence-electron chi connectivity index (χ1n) is 2.68. The van der Waals surface area contributed by atoms with E-state index in [1.165, 1.54) is 0 Å². The van der Waals surface area contributed by atoms with Crippen molar-refractivity contribution in [3.8, 4) is 11.8 Å². The summed E-state index contributed by atoms with van der Waals surface area (Å²) in [5.74, 6) is 7.28. The molecule has 2 radical (unpaired) electrons. The van der Waals surface area contributed by atoms with E-state index in [2.05, 4.69) is 11.8 Å². The van der Waals surface area contributed by atoms with Gasteiger partial charge in [0.2, 0.25) is 0 Å². The van der Waals surface area contributed by atoms with Crippen molar-refractivity contribution < 1.29 is 0 Å². The number of hydrogen-bond acceptors (Lipinski definition) is 0. The molecule has 0 aromatic carbocycles. The highest BCUT2D eigenvalue weighted by Crippen LogP contribution is 1.85. The van der Waals surface area contributed by atoms with Gasteiger partial charge >= 0.3 is 0 Å². The van der Waals surface area contributed by atoms with Crippen LogP contribution in [0.1, 0.15) is 19.8 Å². The third kappa shape index (κ3) is 5.36. The van der Waals surface area contributed by atoms with E-state index in [1.54, 1.807) is 5.98 Å². The fourth-order valence-corrected chi connectivity index (χ4v) is 0.377. The van der Waals surface area contributed by atoms with Crippen LogP contribution in [0.5, 0.6) is 0 Å². The Kier molecular flexibility index (Phi) is 5.86. The third-order valence-corrected chi connectivity index (χ3v) is 0.749. The average molecular weight is 104 g/mol. The number of allylic oxidation sites excluding steroid dienone is 1. The van der Waals surface area contributed by atoms with E-state index in [0.29, 0.717) is 0 Å². The van der Waals surface area contributed by atoms with E-state index in [-0.39, 0.29) is 0 Å². The Balaban J connectivity index is 3.01. The predicted octanol–water partition coefficient (Wildman–Crippen LogP) is 1.47. The van der Waals surface area contributed by atoms with Crippen LogP contribution in [0.3, 0.4) is 0 Å². The highest BCUT2D eigenvalue weighted by Gasteiger charge is 1.69. The molecule has 0 aliphatic heterocycles. The summed E-state index contributed by atoms with van der Waals surface area (Å²) in [6, 6.07) is 0. The van der Waals surface area contributed by atoms with Crippen molar-refractivity contribution in [2.75, 3.05) is 0 Å². The fourth-order valence-electron chi connectivity index (χ4n) is 0.377. The molecule has 0 spiro atoms. The Morgan fingerprint density at radius 1 is 1.62 bits per heavy atom. The molecule has 0 atom stereocenters. The summed E-state index contributed by atoms with van der Waals surface area (Å²) < 4.78 is 0. The SMILES string of the molecule is [B]/C=C/CCC#CC. The molecule has 8 heavy (non-hydrogen) atoms. The lowest BCUT2D eigenvalue weighted by Crippen LogP contribution is -1.63. The van der Waals surface area contributed by atoms with Gasteiger partial charge in [0.05, 0.1) is 0 Å². The highest BCUT2D eigenvalue weighted by atomic mass is 13.7. The van der Waals surface area contributed by atoms with Gasteiger partial charge < -0.3 is 0 Å². The van der Waals surface area contributed by atoms with Crippen molar-refractivity contribution in [1.29, 1.82) is 0 Å². The molecule has 0 aromatic rings. The van der Waals surface area contributed by atoms with Crippen LogP contribution in [0.4, 0.5) is 0 Å². The van der Waals surface area contributed by atoms with Gasteiger partial charge in [-0.15, -0.1) is 17.8 Å². The second kappa shape index (κ2) is 6.36. The summed E-state index contributed by atoms with van der Waals surface area (Å²) in [4.78, 5) is 0. The molecular weight excluding hydrogens is 94.9 g/mol. The number of hydrogen-bond donors (Lipinski definition) is 0. The van der Waals surface area contributed by atoms with Gasteiger partial charge in [0.25, 0.3) is 0 Å². The Bertz CT molecular complexity index is 114. The van der Waals surface area contributed by atoms with E-state index < -0.39 is 0 Å². The second-order valence-corrected chi connectivity index (χ2v) is 1.39. The minimum Gasteiger partial charge on any atom is -0.135 e. The first-order valence-corrected chi connectivity index (χ1v) is 2.68. The monoisotopic (exact) mass is 104 g/mol. The molecule has 0 saturated heterocycles. The topological polar surface area (TPSA) is 0 Å². The van der Waals surface area contributed by atoms with Crippen molar-refractivity contribution in [1.82, 2.24) is 0 Å². The summed E-state index contributed by atoms with van der Waals surface area (Å²) in [5, 5.41) is 0. The molecule has 0 bridgehead atoms. The molecular formula is C7H9B. The molecule has 0 N–H and O–H groups in total. The van der Waals surface area contributed by atoms with Gasteiger partial charge in [-0.25, -0.2) is 0 Å². The third-order valence-electron chi connectivity index (χ3n) is 0.749. The highest BCUT2D eigenvalue weighted by molar-refractivity contribution is 6.16. The van der Waals surface area contributed by atoms with Crippen molar-refractivity contribution in [3.63, 3.8) is 0 Å². The average Bonchev–Trinajstić information content (AvgIpc) is 1.81. The van der Waals surface area contributed by atoms with Gasteiger partial charge in [-0.05, 0) is 13.3 Å². The van der Waals surface area contributed by atoms with Crippen LogP contribution in [-0.4, -0.2) is 7.85 Å². The summed E-state index contributed by atoms with van der Waals surface area (Å²) in [6.45, 7) is 1.84. The van der Waals surface area contributed by atoms with Gasteiger partial charge in [0.15, 0.2) is 0 Å². The zero-order valence-corrected chi connectivity index (χ0v) is 5.15. The molecule has 1 heteroatoms. The Hall–Kier alpha value is -0.635. The lowest BCUT2D eigenvalue weighted by Gasteiger charge is -1.78. The fraction of sp³-hybridized carbons (Fsp3) is 0.429. The molecule has 0 amide bonds. The lowest BCUT2D eigenvalue weighted by molar-refractivity contribution is 1.09. The Labute approximate surface area is 52.4 Å². The lowest BCUT2D eigenvalue weighted by atomic mass is 10.1. The maximum atomic E-state index is 5.08. The van der Waals surface area contributed by atoms with E-state index in [1.807, 2.05) is 13.0 Å². The number of unbranched alkanes of at least 4 members (excludes halogenated alkanes) is 1. The van der Waals surface area contributed by atoms with Gasteiger partial charge in [-0.3, -0.25) is 0 Å². The van der Waals surface area contributed by atoms with Crippen molar-refractivity contribution in [2.24, 2.45) is 0 Å². The van der Waals surface area contributed by atoms with Crippen molar-refractivity contribution in [3.05, 3.63) is 12.1 Å². The minimum atomic E-state index is 0.921. The second-order valence-electron chi connectivity index (χ2n) is 1.39. The molecule has 0 aromatic heterocycles. The summed E-state index contributed by atoms with van der Waals surface area (Å²) in [7, 11) is 5.08. The van der Waals surface area contributed by atoms with E-state index in [0.717, 1.165) is 12.8 Å². The first-order chi connectivity index (χ1) is 3.91. The molecule has 0 rings (SSSR count). The first kappa shape index (κ1) is 7.36. The van der Waals surface area contributed by atoms with E-state index >= 15 is 0 Å². The Morgan fingerprint density at radius 2 is 2.38 bits per heavy atom. The summed E-state index contributed by atoms with van der Waals surface area (Å²) in [6.07, 6.45) is 3.80. The van der Waals surface area contributed by atoms with Crippen molar-refractivity contribution >= 4 is 7.85 Å². The molecule has 0 aliphatic rings. The molecule has 0 fully saturated rings. The smallest absolute Gasteiger partial charge is 0.102 e. The minimum absolute atomic E-state index is 0.921. The van der Waals surface area contributed by atoms with Gasteiger partial charge in [-0.1, -0.05) is 6.08 Å². The molecule has 0 heterocycles. The molecule has 0 nitrogen and oxygen atoms in total. The summed E-state index contributed by atoms with van der Waals surface area (Å²) in [5.41, 5.74) is 0. The predicted molar refractivity (Wildman–Crippen MR) is 37.6 cm³/mol. The van der Waals surface area contributed by atoms with E-state index in [9.17, 15) is 0 Å². The van der Waals surface area contributed by atoms with Gasteiger partial charge in [0.1, 0.15) is 7.85 Å². The van der Waals surface area contributed by atoms with Crippen LogP contribution in [0, 0.1) is 11.8 Å². The zero-order chi connectivity index (χ0) is 6.24. The number of rotatable bonds is 2. The maximum Gasteiger partial charge on any atom is 0.102 e. The molecule has 40 valence electrons. The molecule has 0 saturated carbocycles. The molecule has 0 unspecified atom stereocenters. The normalized spacial score (nSPS) is 8.62. The maximum absolute atomic E-state index is 5.08. The zero-order valence-electron chi connectivity index (χ0n) is 5.15. The van der Waals surface area contributed by atoms with Crippen molar-refractivity contribution in [2.45, 2.75) is 19.8 Å². The van der Waals surface area contributed by atoms with E-state index in [4.69, 9.17) is 7.85 Å². The van der Waals surface area contributed by atoms with Gasteiger partial charge in [0, 0.05) is 6.42 Å². The van der Waals surface area contributed by atoms with Crippen LogP contribution in [-0.2, 0) is 0 Å². The molecule has 0 aliphatic carbocycles. The van der Waals surface area contributed by atoms with Gasteiger partial charge in [-0.2, -0.15) is 0 Å². The van der Waals surface area contributed by atoms with Crippen LogP contribution in [0.15, 0.2) is 12.1 Å². The van der Waals surface area contributed by atoms with Crippen LogP contribution >= 0.6 is 0 Å². The quantitative estimate of drug-likeness (QED) is 0.282. The van der Waals surface area contributed by atoms with Crippen LogP contribution in [0.25, 0.3) is 0 Å². The summed E-state index contributed by atoms with van der Waals surface area (Å²) >= 11 is 0. The Morgan fingerprint density at radius 3 is 2.88 bits per heavy atom.